The number of guanidine groups is 1. The SMILES string of the molecule is CN=C(NCCc1c[nH]c2ccc(Cl)cc12)NC1CCN(C(=O)C(C)C)C1.I. The minimum Gasteiger partial charge on any atom is -0.361 e. The minimum absolute atomic E-state index is 0. The molecule has 1 fully saturated rings. The minimum atomic E-state index is 0. The zero-order chi connectivity index (χ0) is 19.4. The van der Waals surface area contributed by atoms with Crippen molar-refractivity contribution in [2.45, 2.75) is 32.7 Å². The quantitative estimate of drug-likeness (QED) is 0.323. The number of hydrogen-bond donors (Lipinski definition) is 3. The monoisotopic (exact) mass is 517 g/mol. The molecule has 1 aromatic heterocycles. The molecule has 6 nitrogen and oxygen atoms in total. The number of carbonyl (C=O) groups is 1. The van der Waals surface area contributed by atoms with Crippen molar-refractivity contribution < 1.29 is 4.79 Å². The summed E-state index contributed by atoms with van der Waals surface area (Å²) in [5.41, 5.74) is 2.32. The van der Waals surface area contributed by atoms with Gasteiger partial charge in [-0.25, -0.2) is 0 Å². The van der Waals surface area contributed by atoms with Gasteiger partial charge in [0.15, 0.2) is 5.96 Å². The summed E-state index contributed by atoms with van der Waals surface area (Å²) in [6.45, 7) is 6.20. The Morgan fingerprint density at radius 3 is 2.93 bits per heavy atom. The summed E-state index contributed by atoms with van der Waals surface area (Å²) in [7, 11) is 1.77. The molecule has 3 N–H and O–H groups in total. The van der Waals surface area contributed by atoms with E-state index in [1.165, 1.54) is 5.56 Å². The van der Waals surface area contributed by atoms with Crippen LogP contribution in [0.2, 0.25) is 5.02 Å². The molecule has 154 valence electrons. The zero-order valence-electron chi connectivity index (χ0n) is 16.6. The van der Waals surface area contributed by atoms with Crippen molar-refractivity contribution >= 4 is 58.3 Å². The third-order valence-electron chi connectivity index (χ3n) is 4.97. The van der Waals surface area contributed by atoms with E-state index >= 15 is 0 Å². The van der Waals surface area contributed by atoms with E-state index in [2.05, 4.69) is 20.6 Å². The Bertz CT molecular complexity index is 835. The second-order valence-corrected chi connectivity index (χ2v) is 7.76. The van der Waals surface area contributed by atoms with E-state index in [4.69, 9.17) is 11.6 Å². The molecule has 1 atom stereocenters. The molecule has 0 spiro atoms. The molecular formula is C20H29ClIN5O. The van der Waals surface area contributed by atoms with E-state index in [0.717, 1.165) is 54.4 Å². The van der Waals surface area contributed by atoms with Crippen LogP contribution in [0.3, 0.4) is 0 Å². The first-order chi connectivity index (χ1) is 13.0. The van der Waals surface area contributed by atoms with Gasteiger partial charge in [-0.05, 0) is 36.6 Å². The molecule has 3 rings (SSSR count). The molecule has 0 bridgehead atoms. The highest BCUT2D eigenvalue weighted by Crippen LogP contribution is 2.22. The average Bonchev–Trinajstić information content (AvgIpc) is 3.27. The normalized spacial score (nSPS) is 17.1. The Labute approximate surface area is 188 Å². The van der Waals surface area contributed by atoms with Crippen molar-refractivity contribution in [2.24, 2.45) is 10.9 Å². The zero-order valence-corrected chi connectivity index (χ0v) is 19.7. The van der Waals surface area contributed by atoms with Gasteiger partial charge in [-0.1, -0.05) is 25.4 Å². The Balaban J connectivity index is 0.00000280. The first kappa shape index (κ1) is 22.8. The number of halogens is 2. The van der Waals surface area contributed by atoms with E-state index in [-0.39, 0.29) is 41.8 Å². The number of amides is 1. The lowest BCUT2D eigenvalue weighted by Gasteiger charge is -2.20. The molecule has 1 aliphatic rings. The number of nitrogens with one attached hydrogen (secondary N) is 3. The summed E-state index contributed by atoms with van der Waals surface area (Å²) in [5, 5.41) is 8.71. The van der Waals surface area contributed by atoms with Gasteiger partial charge in [0.1, 0.15) is 0 Å². The van der Waals surface area contributed by atoms with Crippen LogP contribution in [0.25, 0.3) is 10.9 Å². The van der Waals surface area contributed by atoms with Crippen molar-refractivity contribution in [3.05, 3.63) is 35.0 Å². The van der Waals surface area contributed by atoms with Gasteiger partial charge in [0, 0.05) is 60.8 Å². The van der Waals surface area contributed by atoms with Crippen LogP contribution >= 0.6 is 35.6 Å². The summed E-state index contributed by atoms with van der Waals surface area (Å²) >= 11 is 6.12. The average molecular weight is 518 g/mol. The summed E-state index contributed by atoms with van der Waals surface area (Å²) in [4.78, 5) is 21.7. The number of carbonyl (C=O) groups excluding carboxylic acids is 1. The second-order valence-electron chi connectivity index (χ2n) is 7.32. The molecular weight excluding hydrogens is 489 g/mol. The summed E-state index contributed by atoms with van der Waals surface area (Å²) < 4.78 is 0. The van der Waals surface area contributed by atoms with Crippen LogP contribution in [0.5, 0.6) is 0 Å². The number of hydrogen-bond acceptors (Lipinski definition) is 2. The molecule has 1 saturated heterocycles. The van der Waals surface area contributed by atoms with Crippen molar-refractivity contribution in [3.8, 4) is 0 Å². The number of rotatable bonds is 5. The van der Waals surface area contributed by atoms with Crippen LogP contribution in [0.15, 0.2) is 29.4 Å². The molecule has 28 heavy (non-hydrogen) atoms. The van der Waals surface area contributed by atoms with Crippen LogP contribution in [0.1, 0.15) is 25.8 Å². The highest BCUT2D eigenvalue weighted by molar-refractivity contribution is 14.0. The van der Waals surface area contributed by atoms with Gasteiger partial charge >= 0.3 is 0 Å². The lowest BCUT2D eigenvalue weighted by Crippen LogP contribution is -2.45. The Morgan fingerprint density at radius 2 is 2.21 bits per heavy atom. The second kappa shape index (κ2) is 10.3. The Kier molecular flexibility index (Phi) is 8.42. The number of aromatic nitrogens is 1. The first-order valence-corrected chi connectivity index (χ1v) is 9.87. The maximum atomic E-state index is 12.1. The van der Waals surface area contributed by atoms with Crippen LogP contribution in [-0.4, -0.2) is 54.5 Å². The van der Waals surface area contributed by atoms with Crippen LogP contribution in [0.4, 0.5) is 0 Å². The molecule has 0 saturated carbocycles. The maximum absolute atomic E-state index is 12.1. The fourth-order valence-corrected chi connectivity index (χ4v) is 3.68. The van der Waals surface area contributed by atoms with Crippen LogP contribution < -0.4 is 10.6 Å². The number of likely N-dealkylation sites (tertiary alicyclic amines) is 1. The van der Waals surface area contributed by atoms with Crippen molar-refractivity contribution in [3.63, 3.8) is 0 Å². The van der Waals surface area contributed by atoms with E-state index in [9.17, 15) is 4.79 Å². The predicted octanol–water partition coefficient (Wildman–Crippen LogP) is 3.40. The highest BCUT2D eigenvalue weighted by atomic mass is 127. The van der Waals surface area contributed by atoms with Gasteiger partial charge in [-0.2, -0.15) is 0 Å². The molecule has 0 radical (unpaired) electrons. The molecule has 1 aromatic carbocycles. The van der Waals surface area contributed by atoms with Gasteiger partial charge < -0.3 is 20.5 Å². The molecule has 2 aromatic rings. The van der Waals surface area contributed by atoms with Crippen LogP contribution in [0, 0.1) is 5.92 Å². The highest BCUT2D eigenvalue weighted by Gasteiger charge is 2.27. The van der Waals surface area contributed by atoms with Crippen LogP contribution in [-0.2, 0) is 11.2 Å². The maximum Gasteiger partial charge on any atom is 0.225 e. The Hall–Kier alpha value is -1.48. The fraction of sp³-hybridized carbons (Fsp3) is 0.500. The van der Waals surface area contributed by atoms with E-state index in [0.29, 0.717) is 0 Å². The fourth-order valence-electron chi connectivity index (χ4n) is 3.50. The van der Waals surface area contributed by atoms with Gasteiger partial charge in [0.25, 0.3) is 0 Å². The predicted molar refractivity (Wildman–Crippen MR) is 127 cm³/mol. The van der Waals surface area contributed by atoms with Gasteiger partial charge in [0.05, 0.1) is 0 Å². The lowest BCUT2D eigenvalue weighted by molar-refractivity contribution is -0.133. The summed E-state index contributed by atoms with van der Waals surface area (Å²) in [6, 6.07) is 6.13. The van der Waals surface area contributed by atoms with Gasteiger partial charge in [-0.15, -0.1) is 24.0 Å². The molecule has 1 aliphatic heterocycles. The molecule has 1 amide bonds. The number of H-pyrrole nitrogens is 1. The number of nitrogens with zero attached hydrogens (tertiary/aromatic N) is 2. The number of aliphatic imine (C=N–C) groups is 1. The molecule has 2 heterocycles. The van der Waals surface area contributed by atoms with E-state index < -0.39 is 0 Å². The van der Waals surface area contributed by atoms with Gasteiger partial charge in [-0.3, -0.25) is 9.79 Å². The molecule has 0 aliphatic carbocycles. The smallest absolute Gasteiger partial charge is 0.225 e. The van der Waals surface area contributed by atoms with Crippen molar-refractivity contribution in [2.75, 3.05) is 26.7 Å². The van der Waals surface area contributed by atoms with Gasteiger partial charge in [0.2, 0.25) is 5.91 Å². The number of aromatic amines is 1. The van der Waals surface area contributed by atoms with Crippen molar-refractivity contribution in [1.82, 2.24) is 20.5 Å². The summed E-state index contributed by atoms with van der Waals surface area (Å²) in [5.74, 6) is 1.04. The van der Waals surface area contributed by atoms with E-state index in [1.54, 1.807) is 7.05 Å². The standard InChI is InChI=1S/C20H28ClN5O.HI/c1-13(2)19(27)26-9-7-16(12-26)25-20(22-3)23-8-6-14-11-24-18-5-4-15(21)10-17(14)18;/h4-5,10-11,13,16,24H,6-9,12H2,1-3H3,(H2,22,23,25);1H. The Morgan fingerprint density at radius 1 is 1.43 bits per heavy atom. The van der Waals surface area contributed by atoms with E-state index in [1.807, 2.05) is 43.1 Å². The lowest BCUT2D eigenvalue weighted by atomic mass is 10.1. The summed E-state index contributed by atoms with van der Waals surface area (Å²) in [6.07, 6.45) is 3.84. The third kappa shape index (κ3) is 5.53. The number of fused-ring (bicyclic) bond motifs is 1. The van der Waals surface area contributed by atoms with Crippen molar-refractivity contribution in [1.29, 1.82) is 0 Å². The third-order valence-corrected chi connectivity index (χ3v) is 5.21. The first-order valence-electron chi connectivity index (χ1n) is 9.49. The number of benzene rings is 1. The topological polar surface area (TPSA) is 72.5 Å². The molecule has 8 heteroatoms. The molecule has 1 unspecified atom stereocenters. The largest absolute Gasteiger partial charge is 0.361 e.